The van der Waals surface area contributed by atoms with Gasteiger partial charge in [-0.3, -0.25) is 0 Å². The molecule has 1 aliphatic rings. The summed E-state index contributed by atoms with van der Waals surface area (Å²) in [6.07, 6.45) is 2.48. The Morgan fingerprint density at radius 1 is 1.18 bits per heavy atom. The maximum Gasteiger partial charge on any atom is 0.101 e. The highest BCUT2D eigenvalue weighted by molar-refractivity contribution is 5.61. The summed E-state index contributed by atoms with van der Waals surface area (Å²) < 4.78 is 0. The molecule has 2 rings (SSSR count). The molecule has 2 nitrogen and oxygen atoms in total. The van der Waals surface area contributed by atoms with Gasteiger partial charge < -0.3 is 4.90 Å². The zero-order chi connectivity index (χ0) is 12.5. The number of anilines is 1. The van der Waals surface area contributed by atoms with Crippen molar-refractivity contribution in [2.24, 2.45) is 0 Å². The molecular formula is C15H20N2. The smallest absolute Gasteiger partial charge is 0.101 e. The summed E-state index contributed by atoms with van der Waals surface area (Å²) in [4.78, 5) is 2.34. The van der Waals surface area contributed by atoms with E-state index >= 15 is 0 Å². The Hall–Kier alpha value is -1.49. The van der Waals surface area contributed by atoms with Crippen LogP contribution in [0.5, 0.6) is 0 Å². The number of rotatable bonds is 1. The first-order valence-corrected chi connectivity index (χ1v) is 6.32. The van der Waals surface area contributed by atoms with E-state index in [1.807, 2.05) is 6.07 Å². The van der Waals surface area contributed by atoms with Crippen LogP contribution in [-0.4, -0.2) is 13.1 Å². The molecule has 0 atom stereocenters. The minimum Gasteiger partial charge on any atom is -0.370 e. The number of benzene rings is 1. The normalized spacial score (nSPS) is 16.0. The van der Waals surface area contributed by atoms with Crippen LogP contribution < -0.4 is 4.90 Å². The highest BCUT2D eigenvalue weighted by atomic mass is 15.1. The number of hydrogen-bond acceptors (Lipinski definition) is 2. The molecule has 0 amide bonds. The SMILES string of the molecule is CC(C)(C)c1ccc(C#N)c(N2CCCC2)c1. The Balaban J connectivity index is 2.43. The second-order valence-electron chi connectivity index (χ2n) is 5.79. The van der Waals surface area contributed by atoms with E-state index in [1.54, 1.807) is 0 Å². The molecule has 17 heavy (non-hydrogen) atoms. The summed E-state index contributed by atoms with van der Waals surface area (Å²) in [5, 5.41) is 9.20. The van der Waals surface area contributed by atoms with Crippen LogP contribution in [0.25, 0.3) is 0 Å². The molecule has 0 saturated carbocycles. The van der Waals surface area contributed by atoms with Crippen molar-refractivity contribution in [1.29, 1.82) is 5.26 Å². The van der Waals surface area contributed by atoms with Gasteiger partial charge in [0.15, 0.2) is 0 Å². The Labute approximate surface area is 104 Å². The van der Waals surface area contributed by atoms with Gasteiger partial charge >= 0.3 is 0 Å². The van der Waals surface area contributed by atoms with E-state index in [1.165, 1.54) is 18.4 Å². The maximum absolute atomic E-state index is 9.20. The highest BCUT2D eigenvalue weighted by Crippen LogP contribution is 2.30. The van der Waals surface area contributed by atoms with E-state index in [-0.39, 0.29) is 5.41 Å². The average Bonchev–Trinajstić information content (AvgIpc) is 2.80. The van der Waals surface area contributed by atoms with Crippen molar-refractivity contribution >= 4 is 5.69 Å². The molecule has 0 bridgehead atoms. The zero-order valence-electron chi connectivity index (χ0n) is 11.0. The van der Waals surface area contributed by atoms with Gasteiger partial charge in [0.1, 0.15) is 6.07 Å². The Bertz CT molecular complexity index is 443. The van der Waals surface area contributed by atoms with Crippen molar-refractivity contribution in [3.63, 3.8) is 0 Å². The van der Waals surface area contributed by atoms with Gasteiger partial charge in [0.2, 0.25) is 0 Å². The van der Waals surface area contributed by atoms with Gasteiger partial charge in [0.05, 0.1) is 11.3 Å². The minimum atomic E-state index is 0.141. The fraction of sp³-hybridized carbons (Fsp3) is 0.533. The molecule has 0 unspecified atom stereocenters. The van der Waals surface area contributed by atoms with Gasteiger partial charge in [-0.2, -0.15) is 5.26 Å². The van der Waals surface area contributed by atoms with Crippen LogP contribution in [0.1, 0.15) is 44.7 Å². The summed E-state index contributed by atoms with van der Waals surface area (Å²) in [5.41, 5.74) is 3.37. The van der Waals surface area contributed by atoms with Crippen molar-refractivity contribution in [3.05, 3.63) is 29.3 Å². The van der Waals surface area contributed by atoms with Gasteiger partial charge in [-0.15, -0.1) is 0 Å². The predicted molar refractivity (Wildman–Crippen MR) is 71.3 cm³/mol. The molecule has 1 aliphatic heterocycles. The quantitative estimate of drug-likeness (QED) is 0.736. The van der Waals surface area contributed by atoms with E-state index in [0.717, 1.165) is 24.3 Å². The van der Waals surface area contributed by atoms with Crippen LogP contribution in [0.3, 0.4) is 0 Å². The van der Waals surface area contributed by atoms with E-state index in [2.05, 4.69) is 43.9 Å². The second-order valence-corrected chi connectivity index (χ2v) is 5.79. The fourth-order valence-electron chi connectivity index (χ4n) is 2.31. The molecule has 1 saturated heterocycles. The van der Waals surface area contributed by atoms with Crippen molar-refractivity contribution < 1.29 is 0 Å². The lowest BCUT2D eigenvalue weighted by atomic mass is 9.86. The summed E-state index contributed by atoms with van der Waals surface area (Å²) in [6.45, 7) is 8.80. The van der Waals surface area contributed by atoms with Gasteiger partial charge in [0.25, 0.3) is 0 Å². The van der Waals surface area contributed by atoms with Crippen molar-refractivity contribution in [1.82, 2.24) is 0 Å². The second kappa shape index (κ2) is 4.41. The van der Waals surface area contributed by atoms with Crippen LogP contribution in [0, 0.1) is 11.3 Å². The van der Waals surface area contributed by atoms with Crippen LogP contribution in [-0.2, 0) is 5.41 Å². The third kappa shape index (κ3) is 2.44. The number of nitrogens with zero attached hydrogens (tertiary/aromatic N) is 2. The van der Waals surface area contributed by atoms with Crippen molar-refractivity contribution in [2.45, 2.75) is 39.0 Å². The summed E-state index contributed by atoms with van der Waals surface area (Å²) >= 11 is 0. The highest BCUT2D eigenvalue weighted by Gasteiger charge is 2.20. The largest absolute Gasteiger partial charge is 0.370 e. The first kappa shape index (κ1) is 12.0. The number of nitriles is 1. The maximum atomic E-state index is 9.20. The molecule has 90 valence electrons. The van der Waals surface area contributed by atoms with Gasteiger partial charge in [-0.1, -0.05) is 26.8 Å². The van der Waals surface area contributed by atoms with Crippen LogP contribution in [0.15, 0.2) is 18.2 Å². The van der Waals surface area contributed by atoms with E-state index in [9.17, 15) is 5.26 Å². The lowest BCUT2D eigenvalue weighted by Gasteiger charge is -2.24. The molecule has 0 spiro atoms. The summed E-state index contributed by atoms with van der Waals surface area (Å²) in [6, 6.07) is 8.56. The molecule has 0 N–H and O–H groups in total. The van der Waals surface area contributed by atoms with E-state index in [4.69, 9.17) is 0 Å². The minimum absolute atomic E-state index is 0.141. The molecule has 2 heteroatoms. The molecular weight excluding hydrogens is 208 g/mol. The third-order valence-electron chi connectivity index (χ3n) is 3.43. The Morgan fingerprint density at radius 3 is 2.35 bits per heavy atom. The summed E-state index contributed by atoms with van der Waals surface area (Å²) in [5.74, 6) is 0. The van der Waals surface area contributed by atoms with Gasteiger partial charge in [-0.25, -0.2) is 0 Å². The fourth-order valence-corrected chi connectivity index (χ4v) is 2.31. The molecule has 1 heterocycles. The predicted octanol–water partition coefficient (Wildman–Crippen LogP) is 3.46. The van der Waals surface area contributed by atoms with E-state index in [0.29, 0.717) is 0 Å². The lowest BCUT2D eigenvalue weighted by Crippen LogP contribution is -2.20. The van der Waals surface area contributed by atoms with Crippen LogP contribution >= 0.6 is 0 Å². The molecule has 0 radical (unpaired) electrons. The third-order valence-corrected chi connectivity index (χ3v) is 3.43. The Morgan fingerprint density at radius 2 is 1.82 bits per heavy atom. The first-order chi connectivity index (χ1) is 8.02. The molecule has 1 aromatic rings. The standard InChI is InChI=1S/C15H20N2/c1-15(2,3)13-7-6-12(11-16)14(10-13)17-8-4-5-9-17/h6-7,10H,4-5,8-9H2,1-3H3. The van der Waals surface area contributed by atoms with Crippen molar-refractivity contribution in [2.75, 3.05) is 18.0 Å². The molecule has 0 aliphatic carbocycles. The molecule has 1 fully saturated rings. The summed E-state index contributed by atoms with van der Waals surface area (Å²) in [7, 11) is 0. The lowest BCUT2D eigenvalue weighted by molar-refractivity contribution is 0.590. The molecule has 1 aromatic carbocycles. The zero-order valence-corrected chi connectivity index (χ0v) is 11.0. The number of hydrogen-bond donors (Lipinski definition) is 0. The van der Waals surface area contributed by atoms with Gasteiger partial charge in [0, 0.05) is 13.1 Å². The monoisotopic (exact) mass is 228 g/mol. The van der Waals surface area contributed by atoms with Gasteiger partial charge in [-0.05, 0) is 36.0 Å². The topological polar surface area (TPSA) is 27.0 Å². The average molecular weight is 228 g/mol. The van der Waals surface area contributed by atoms with Crippen LogP contribution in [0.4, 0.5) is 5.69 Å². The Kier molecular flexibility index (Phi) is 3.11. The van der Waals surface area contributed by atoms with E-state index < -0.39 is 0 Å². The van der Waals surface area contributed by atoms with Crippen molar-refractivity contribution in [3.8, 4) is 6.07 Å². The molecule has 0 aromatic heterocycles. The first-order valence-electron chi connectivity index (χ1n) is 6.32. The van der Waals surface area contributed by atoms with Crippen LogP contribution in [0.2, 0.25) is 0 Å².